The van der Waals surface area contributed by atoms with Gasteiger partial charge in [-0.25, -0.2) is 8.91 Å². The first-order chi connectivity index (χ1) is 15.1. The summed E-state index contributed by atoms with van der Waals surface area (Å²) < 4.78 is 14.4. The summed E-state index contributed by atoms with van der Waals surface area (Å²) in [7, 11) is 3.49. The van der Waals surface area contributed by atoms with E-state index in [1.807, 2.05) is 42.9 Å². The molecule has 3 aromatic rings. The maximum absolute atomic E-state index is 12.6. The van der Waals surface area contributed by atoms with Gasteiger partial charge in [0.25, 0.3) is 0 Å². The summed E-state index contributed by atoms with van der Waals surface area (Å²) >= 11 is 0. The van der Waals surface area contributed by atoms with Crippen LogP contribution in [0, 0.1) is 6.92 Å². The molecular weight excluding hydrogens is 397 g/mol. The van der Waals surface area contributed by atoms with Crippen molar-refractivity contribution in [1.82, 2.24) is 24.5 Å². The average Bonchev–Trinajstić information content (AvgIpc) is 3.20. The Hall–Kier alpha value is -3.14. The van der Waals surface area contributed by atoms with Crippen molar-refractivity contribution in [2.24, 2.45) is 10.2 Å². The number of rotatable bonds is 7. The second kappa shape index (κ2) is 9.34. The van der Waals surface area contributed by atoms with Crippen LogP contribution in [0.1, 0.15) is 18.5 Å². The first-order valence-electron chi connectivity index (χ1n) is 10.5. The molecule has 1 fully saturated rings. The Kier molecular flexibility index (Phi) is 6.36. The number of piperidine rings is 1. The SMILES string of the molecule is CN=Nc1ccc(-c2ccn3nc(NC4CCN(CCF)CC4)nc(NC)c23)nc1C. The van der Waals surface area contributed by atoms with Crippen molar-refractivity contribution in [1.29, 1.82) is 0 Å². The Morgan fingerprint density at radius 1 is 1.19 bits per heavy atom. The lowest BCUT2D eigenvalue weighted by Gasteiger charge is -2.31. The maximum atomic E-state index is 12.6. The molecule has 9 nitrogen and oxygen atoms in total. The Morgan fingerprint density at radius 2 is 2.00 bits per heavy atom. The molecule has 31 heavy (non-hydrogen) atoms. The van der Waals surface area contributed by atoms with E-state index < -0.39 is 0 Å². The summed E-state index contributed by atoms with van der Waals surface area (Å²) in [5, 5.41) is 19.2. The molecule has 1 aliphatic rings. The molecule has 10 heteroatoms. The van der Waals surface area contributed by atoms with Gasteiger partial charge in [-0.3, -0.25) is 4.98 Å². The zero-order valence-corrected chi connectivity index (χ0v) is 18.1. The lowest BCUT2D eigenvalue weighted by Crippen LogP contribution is -2.40. The predicted octanol–water partition coefficient (Wildman–Crippen LogP) is 3.70. The summed E-state index contributed by atoms with van der Waals surface area (Å²) in [6, 6.07) is 6.12. The molecule has 0 aliphatic carbocycles. The second-order valence-electron chi connectivity index (χ2n) is 7.61. The molecule has 1 aliphatic heterocycles. The van der Waals surface area contributed by atoms with Crippen molar-refractivity contribution in [3.05, 3.63) is 30.1 Å². The zero-order chi connectivity index (χ0) is 21.8. The van der Waals surface area contributed by atoms with Crippen LogP contribution in [-0.2, 0) is 0 Å². The van der Waals surface area contributed by atoms with Gasteiger partial charge < -0.3 is 15.5 Å². The Labute approximate surface area is 180 Å². The molecule has 0 atom stereocenters. The molecule has 4 heterocycles. The van der Waals surface area contributed by atoms with Crippen LogP contribution in [0.3, 0.4) is 0 Å². The van der Waals surface area contributed by atoms with Crippen molar-refractivity contribution in [3.8, 4) is 11.3 Å². The average molecular weight is 426 g/mol. The van der Waals surface area contributed by atoms with Crippen molar-refractivity contribution < 1.29 is 4.39 Å². The number of pyridine rings is 1. The topological polar surface area (TPSA) is 95.1 Å². The van der Waals surface area contributed by atoms with Gasteiger partial charge >= 0.3 is 0 Å². The quantitative estimate of drug-likeness (QED) is 0.561. The van der Waals surface area contributed by atoms with Gasteiger partial charge in [0.05, 0.1) is 11.4 Å². The second-order valence-corrected chi connectivity index (χ2v) is 7.61. The van der Waals surface area contributed by atoms with E-state index in [0.29, 0.717) is 12.5 Å². The van der Waals surface area contributed by atoms with Crippen LogP contribution in [0.15, 0.2) is 34.6 Å². The minimum absolute atomic E-state index is 0.276. The molecule has 3 aromatic heterocycles. The van der Waals surface area contributed by atoms with E-state index in [1.165, 1.54) is 0 Å². The minimum Gasteiger partial charge on any atom is -0.371 e. The number of halogens is 1. The van der Waals surface area contributed by atoms with E-state index >= 15 is 0 Å². The molecule has 1 saturated heterocycles. The van der Waals surface area contributed by atoms with Crippen LogP contribution in [0.4, 0.5) is 21.8 Å². The molecule has 0 aromatic carbocycles. The van der Waals surface area contributed by atoms with E-state index in [9.17, 15) is 4.39 Å². The molecule has 0 saturated carbocycles. The van der Waals surface area contributed by atoms with Crippen molar-refractivity contribution in [3.63, 3.8) is 0 Å². The molecule has 0 bridgehead atoms. The molecule has 164 valence electrons. The van der Waals surface area contributed by atoms with Gasteiger partial charge in [-0.1, -0.05) is 0 Å². The first kappa shape index (κ1) is 21.1. The lowest BCUT2D eigenvalue weighted by atomic mass is 10.1. The number of hydrogen-bond acceptors (Lipinski definition) is 8. The van der Waals surface area contributed by atoms with E-state index in [0.717, 1.165) is 59.9 Å². The van der Waals surface area contributed by atoms with Crippen LogP contribution in [0.5, 0.6) is 0 Å². The highest BCUT2D eigenvalue weighted by atomic mass is 19.1. The summed E-state index contributed by atoms with van der Waals surface area (Å²) in [6.07, 6.45) is 3.80. The molecule has 0 spiro atoms. The lowest BCUT2D eigenvalue weighted by molar-refractivity contribution is 0.202. The third kappa shape index (κ3) is 4.48. The number of likely N-dealkylation sites (tertiary alicyclic amines) is 1. The van der Waals surface area contributed by atoms with Crippen molar-refractivity contribution in [2.45, 2.75) is 25.8 Å². The van der Waals surface area contributed by atoms with E-state index in [1.54, 1.807) is 7.05 Å². The van der Waals surface area contributed by atoms with E-state index in [4.69, 9.17) is 9.97 Å². The van der Waals surface area contributed by atoms with Gasteiger partial charge in [0, 0.05) is 51.5 Å². The number of azo groups is 1. The number of aromatic nitrogens is 4. The number of alkyl halides is 1. The smallest absolute Gasteiger partial charge is 0.243 e. The highest BCUT2D eigenvalue weighted by Gasteiger charge is 2.21. The number of nitrogens with zero attached hydrogens (tertiary/aromatic N) is 7. The molecule has 2 N–H and O–H groups in total. The number of nitrogens with one attached hydrogen (secondary N) is 2. The summed E-state index contributed by atoms with van der Waals surface area (Å²) in [4.78, 5) is 11.6. The van der Waals surface area contributed by atoms with Gasteiger partial charge in [0.2, 0.25) is 5.95 Å². The van der Waals surface area contributed by atoms with Crippen LogP contribution >= 0.6 is 0 Å². The highest BCUT2D eigenvalue weighted by molar-refractivity contribution is 5.87. The third-order valence-corrected chi connectivity index (χ3v) is 5.61. The maximum Gasteiger partial charge on any atom is 0.243 e. The fourth-order valence-corrected chi connectivity index (χ4v) is 3.99. The first-order valence-corrected chi connectivity index (χ1v) is 10.5. The normalized spacial score (nSPS) is 15.7. The molecule has 4 rings (SSSR count). The number of hydrogen-bond donors (Lipinski definition) is 2. The Bertz CT molecular complexity index is 1070. The van der Waals surface area contributed by atoms with Gasteiger partial charge in [-0.15, -0.1) is 5.10 Å². The van der Waals surface area contributed by atoms with Crippen LogP contribution < -0.4 is 10.6 Å². The van der Waals surface area contributed by atoms with Crippen LogP contribution in [0.2, 0.25) is 0 Å². The number of fused-ring (bicyclic) bond motifs is 1. The zero-order valence-electron chi connectivity index (χ0n) is 18.1. The largest absolute Gasteiger partial charge is 0.371 e. The molecular formula is C21H28FN9. The number of aryl methyl sites for hydroxylation is 1. The van der Waals surface area contributed by atoms with Gasteiger partial charge in [0.1, 0.15) is 17.9 Å². The highest BCUT2D eigenvalue weighted by Crippen LogP contribution is 2.31. The molecule has 0 amide bonds. The van der Waals surface area contributed by atoms with E-state index in [-0.39, 0.29) is 12.7 Å². The van der Waals surface area contributed by atoms with Crippen LogP contribution in [-0.4, -0.2) is 70.9 Å². The van der Waals surface area contributed by atoms with E-state index in [2.05, 4.69) is 30.9 Å². The third-order valence-electron chi connectivity index (χ3n) is 5.61. The summed E-state index contributed by atoms with van der Waals surface area (Å²) in [5.74, 6) is 1.30. The standard InChI is InChI=1S/C21H28FN9/c1-14-17(28-24-3)4-5-18(25-14)16-8-12-31-19(16)20(23-2)27-21(29-31)26-15-6-10-30(11-7-15)13-9-22/h4-5,8,12,15H,6-7,9-11,13H2,1-3H3,(H2,23,26,27,29). The van der Waals surface area contributed by atoms with Crippen molar-refractivity contribution >= 4 is 23.0 Å². The molecule has 0 unspecified atom stereocenters. The molecule has 0 radical (unpaired) electrons. The fourth-order valence-electron chi connectivity index (χ4n) is 3.99. The van der Waals surface area contributed by atoms with Gasteiger partial charge in [0.15, 0.2) is 5.82 Å². The van der Waals surface area contributed by atoms with Gasteiger partial charge in [-0.2, -0.15) is 15.2 Å². The predicted molar refractivity (Wildman–Crippen MR) is 120 cm³/mol. The van der Waals surface area contributed by atoms with Gasteiger partial charge in [-0.05, 0) is 38.0 Å². The minimum atomic E-state index is -0.292. The Balaban J connectivity index is 1.60. The van der Waals surface area contributed by atoms with Crippen LogP contribution in [0.25, 0.3) is 16.8 Å². The van der Waals surface area contributed by atoms with Crippen molar-refractivity contribution in [2.75, 3.05) is 51.0 Å². The summed E-state index contributed by atoms with van der Waals surface area (Å²) in [5.41, 5.74) is 4.20. The summed E-state index contributed by atoms with van der Waals surface area (Å²) in [6.45, 7) is 3.91. The Morgan fingerprint density at radius 3 is 2.68 bits per heavy atom. The number of anilines is 2. The monoisotopic (exact) mass is 425 g/mol. The fraction of sp³-hybridized carbons (Fsp3) is 0.476.